The molecular weight excluding hydrogens is 682 g/mol. The first kappa shape index (κ1) is 34.3. The van der Waals surface area contributed by atoms with Crippen LogP contribution in [0.25, 0.3) is 0 Å². The van der Waals surface area contributed by atoms with Crippen LogP contribution in [0.5, 0.6) is 5.75 Å². The summed E-state index contributed by atoms with van der Waals surface area (Å²) in [4.78, 5) is 20.3. The van der Waals surface area contributed by atoms with E-state index in [1.54, 1.807) is 31.3 Å². The number of nitrogens with one attached hydrogen (secondary N) is 1. The lowest BCUT2D eigenvalue weighted by Crippen LogP contribution is -2.52. The van der Waals surface area contributed by atoms with Gasteiger partial charge in [0, 0.05) is 59.7 Å². The molecule has 2 fully saturated rings. The molecule has 1 aromatic heterocycles. The summed E-state index contributed by atoms with van der Waals surface area (Å²) in [5.41, 5.74) is 2.76. The fraction of sp³-hybridized carbons (Fsp3) is 0.463. The van der Waals surface area contributed by atoms with E-state index in [9.17, 15) is 18.3 Å². The van der Waals surface area contributed by atoms with Crippen LogP contribution in [-0.4, -0.2) is 54.5 Å². The molecule has 51 heavy (non-hydrogen) atoms. The minimum Gasteiger partial charge on any atom is -0.490 e. The summed E-state index contributed by atoms with van der Waals surface area (Å²) in [7, 11) is -3.98. The standard InChI is InChI=1S/C41H44ClN3O5S/c1-39-24-31(39)9-7-20-41(47,19-4-2-10-33-11-3-5-21-43-33)35-15-12-30(35)25-45-26-40(18-6-8-28-22-32(42)14-16-34(28)40)27-50-37-17-13-29(23-36(37)45)38(46)44-51(39,48)49/h3,5,7,11,13-14,16-17,20-23,30-31,35,47H,2,6,8-10,12,15,18,24-27H2,1H3,(H,44,46)/b20-7+/t30-,31+,35+,39+,40-,41+/m0/s1. The molecule has 0 unspecified atom stereocenters. The van der Waals surface area contributed by atoms with E-state index >= 15 is 0 Å². The van der Waals surface area contributed by atoms with E-state index < -0.39 is 26.3 Å². The number of ether oxygens (including phenoxy) is 1. The molecule has 2 aliphatic heterocycles. The van der Waals surface area contributed by atoms with Crippen molar-refractivity contribution in [2.24, 2.45) is 17.8 Å². The highest BCUT2D eigenvalue weighted by Crippen LogP contribution is 2.53. The number of nitrogens with zero attached hydrogens (tertiary/aromatic N) is 2. The first-order valence-electron chi connectivity index (χ1n) is 18.2. The second-order valence-electron chi connectivity index (χ2n) is 15.5. The summed E-state index contributed by atoms with van der Waals surface area (Å²) < 4.78 is 35.1. The Kier molecular flexibility index (Phi) is 8.72. The van der Waals surface area contributed by atoms with Gasteiger partial charge < -0.3 is 14.7 Å². The summed E-state index contributed by atoms with van der Waals surface area (Å²) in [6.07, 6.45) is 12.3. The van der Waals surface area contributed by atoms with Gasteiger partial charge in [-0.2, -0.15) is 0 Å². The van der Waals surface area contributed by atoms with Gasteiger partial charge in [0.2, 0.25) is 10.0 Å². The molecule has 3 aromatic rings. The Bertz CT molecular complexity index is 2060. The van der Waals surface area contributed by atoms with Gasteiger partial charge in [-0.3, -0.25) is 9.78 Å². The van der Waals surface area contributed by atoms with Crippen LogP contribution >= 0.6 is 11.6 Å². The summed E-state index contributed by atoms with van der Waals surface area (Å²) in [5.74, 6) is 6.39. The number of aromatic nitrogens is 1. The third-order valence-electron chi connectivity index (χ3n) is 12.2. The molecule has 0 saturated heterocycles. The molecule has 8 nitrogen and oxygen atoms in total. The number of hydrogen-bond acceptors (Lipinski definition) is 7. The van der Waals surface area contributed by atoms with Crippen molar-refractivity contribution in [1.82, 2.24) is 9.71 Å². The zero-order valence-electron chi connectivity index (χ0n) is 28.9. The average Bonchev–Trinajstić information content (AvgIpc) is 3.81. The SMILES string of the molecule is C[C@@]12C[C@H]1C/C=C/[C@](O)(C#CCCc1ccccn1)[C@@H]1CC[C@H]1CN1C[C@@]3(CCCc4cc(Cl)ccc43)COc3ccc(cc31)C(=O)NS2(=O)=O. The Labute approximate surface area is 305 Å². The van der Waals surface area contributed by atoms with Crippen LogP contribution < -0.4 is 14.4 Å². The zero-order valence-corrected chi connectivity index (χ0v) is 30.5. The molecule has 5 aliphatic rings. The lowest BCUT2D eigenvalue weighted by molar-refractivity contribution is -0.00323. The van der Waals surface area contributed by atoms with Gasteiger partial charge in [0.05, 0.1) is 17.0 Å². The molecule has 2 saturated carbocycles. The Morgan fingerprint density at radius 1 is 1.16 bits per heavy atom. The van der Waals surface area contributed by atoms with Crippen molar-refractivity contribution in [2.45, 2.75) is 80.5 Å². The van der Waals surface area contributed by atoms with E-state index in [-0.39, 0.29) is 28.7 Å². The maximum Gasteiger partial charge on any atom is 0.264 e. The van der Waals surface area contributed by atoms with E-state index in [4.69, 9.17) is 16.3 Å². The smallest absolute Gasteiger partial charge is 0.264 e. The second kappa shape index (κ2) is 13.0. The number of fused-ring (bicyclic) bond motifs is 5. The summed E-state index contributed by atoms with van der Waals surface area (Å²) in [5, 5.41) is 13.1. The van der Waals surface area contributed by atoms with Crippen molar-refractivity contribution in [2.75, 3.05) is 24.6 Å². The van der Waals surface area contributed by atoms with Crippen LogP contribution in [0, 0.1) is 29.6 Å². The van der Waals surface area contributed by atoms with Crippen molar-refractivity contribution in [3.63, 3.8) is 0 Å². The number of pyridine rings is 1. The molecule has 2 bridgehead atoms. The number of sulfonamides is 1. The molecule has 266 valence electrons. The van der Waals surface area contributed by atoms with Crippen LogP contribution in [0.1, 0.15) is 79.0 Å². The monoisotopic (exact) mass is 725 g/mol. The molecule has 1 amide bonds. The molecule has 3 heterocycles. The van der Waals surface area contributed by atoms with Crippen molar-refractivity contribution in [3.8, 4) is 17.6 Å². The van der Waals surface area contributed by atoms with Gasteiger partial charge in [0.15, 0.2) is 0 Å². The quantitative estimate of drug-likeness (QED) is 0.233. The van der Waals surface area contributed by atoms with Crippen LogP contribution in [0.15, 0.2) is 72.9 Å². The summed E-state index contributed by atoms with van der Waals surface area (Å²) in [6.45, 7) is 3.43. The van der Waals surface area contributed by atoms with Crippen molar-refractivity contribution >= 4 is 33.2 Å². The molecule has 0 radical (unpaired) electrons. The molecule has 2 N–H and O–H groups in total. The second-order valence-corrected chi connectivity index (χ2v) is 18.0. The number of halogens is 1. The lowest BCUT2D eigenvalue weighted by atomic mass is 9.64. The number of anilines is 1. The van der Waals surface area contributed by atoms with Crippen LogP contribution in [0.3, 0.4) is 0 Å². The van der Waals surface area contributed by atoms with Crippen molar-refractivity contribution in [3.05, 3.63) is 100 Å². The largest absolute Gasteiger partial charge is 0.490 e. The molecule has 2 aromatic carbocycles. The number of hydrogen-bond donors (Lipinski definition) is 2. The van der Waals surface area contributed by atoms with Crippen molar-refractivity contribution in [1.29, 1.82) is 0 Å². The van der Waals surface area contributed by atoms with Gasteiger partial charge >= 0.3 is 0 Å². The number of amides is 1. The van der Waals surface area contributed by atoms with Crippen LogP contribution in [-0.2, 0) is 28.3 Å². The summed E-state index contributed by atoms with van der Waals surface area (Å²) in [6, 6.07) is 17.2. The van der Waals surface area contributed by atoms with E-state index in [1.807, 2.05) is 36.4 Å². The van der Waals surface area contributed by atoms with Gasteiger partial charge in [-0.25, -0.2) is 13.1 Å². The number of allylic oxidation sites excluding steroid dienone is 1. The fourth-order valence-electron chi connectivity index (χ4n) is 8.91. The molecule has 10 heteroatoms. The Balaban J connectivity index is 1.18. The number of aryl methyl sites for hydroxylation is 2. The maximum atomic E-state index is 13.6. The molecular formula is C41H44ClN3O5S. The number of carbonyl (C=O) groups excluding carboxylic acids is 1. The van der Waals surface area contributed by atoms with Gasteiger partial charge in [-0.05, 0) is 123 Å². The highest BCUT2D eigenvalue weighted by Gasteiger charge is 2.60. The number of benzene rings is 2. The predicted molar refractivity (Wildman–Crippen MR) is 198 cm³/mol. The molecule has 1 spiro atoms. The Morgan fingerprint density at radius 2 is 2.04 bits per heavy atom. The fourth-order valence-corrected chi connectivity index (χ4v) is 10.7. The third-order valence-corrected chi connectivity index (χ3v) is 14.7. The number of aliphatic hydroxyl groups is 1. The van der Waals surface area contributed by atoms with Gasteiger partial charge in [0.1, 0.15) is 11.4 Å². The van der Waals surface area contributed by atoms with Gasteiger partial charge in [-0.1, -0.05) is 41.7 Å². The number of carbonyl (C=O) groups is 1. The average molecular weight is 726 g/mol. The van der Waals surface area contributed by atoms with Gasteiger partial charge in [0.25, 0.3) is 5.91 Å². The lowest BCUT2D eigenvalue weighted by Gasteiger charge is -2.47. The molecule has 6 atom stereocenters. The predicted octanol–water partition coefficient (Wildman–Crippen LogP) is 6.40. The summed E-state index contributed by atoms with van der Waals surface area (Å²) >= 11 is 6.46. The minimum absolute atomic E-state index is 0.120. The first-order valence-corrected chi connectivity index (χ1v) is 20.0. The third kappa shape index (κ3) is 6.34. The topological polar surface area (TPSA) is 109 Å². The van der Waals surface area contributed by atoms with Gasteiger partial charge in [-0.15, -0.1) is 0 Å². The van der Waals surface area contributed by atoms with E-state index in [1.165, 1.54) is 11.1 Å². The van der Waals surface area contributed by atoms with Crippen LogP contribution in [0.4, 0.5) is 5.69 Å². The van der Waals surface area contributed by atoms with E-state index in [2.05, 4.69) is 38.6 Å². The Hall–Kier alpha value is -3.84. The molecule has 3 aliphatic carbocycles. The minimum atomic E-state index is -3.98. The van der Waals surface area contributed by atoms with Crippen LogP contribution in [0.2, 0.25) is 5.02 Å². The molecule has 8 rings (SSSR count). The number of rotatable bonds is 2. The highest BCUT2D eigenvalue weighted by atomic mass is 35.5. The Morgan fingerprint density at radius 3 is 2.84 bits per heavy atom. The first-order chi connectivity index (χ1) is 24.5. The zero-order chi connectivity index (χ0) is 35.4. The van der Waals surface area contributed by atoms with E-state index in [0.717, 1.165) is 48.5 Å². The highest BCUT2D eigenvalue weighted by molar-refractivity contribution is 7.91. The van der Waals surface area contributed by atoms with Crippen molar-refractivity contribution < 1.29 is 23.1 Å². The maximum absolute atomic E-state index is 13.6. The van der Waals surface area contributed by atoms with E-state index in [0.29, 0.717) is 51.1 Å². The normalized spacial score (nSPS) is 32.6.